The van der Waals surface area contributed by atoms with Crippen molar-refractivity contribution in [2.75, 3.05) is 18.6 Å². The molecule has 34 heavy (non-hydrogen) atoms. The van der Waals surface area contributed by atoms with Gasteiger partial charge in [0.2, 0.25) is 0 Å². The number of aromatic nitrogens is 2. The highest BCUT2D eigenvalue weighted by molar-refractivity contribution is 8.18. The van der Waals surface area contributed by atoms with Crippen molar-refractivity contribution in [1.82, 2.24) is 9.97 Å². The van der Waals surface area contributed by atoms with E-state index in [1.807, 2.05) is 48.8 Å². The number of carbonyl (C=O) groups is 1. The fraction of sp³-hybridized carbons (Fsp3) is 0.321. The number of nitrogens with zero attached hydrogens (tertiary/aromatic N) is 2. The normalized spacial score (nSPS) is 21.6. The fourth-order valence-electron chi connectivity index (χ4n) is 5.03. The smallest absolute Gasteiger partial charge is 0.313 e. The molecule has 2 aliphatic rings. The van der Waals surface area contributed by atoms with Gasteiger partial charge in [0.05, 0.1) is 18.7 Å². The molecule has 2 atom stereocenters. The second-order valence-electron chi connectivity index (χ2n) is 8.74. The number of hydrogen-bond acceptors (Lipinski definition) is 6. The van der Waals surface area contributed by atoms with Crippen LogP contribution in [0.1, 0.15) is 40.5 Å². The number of methoxy groups -OCH3 is 1. The van der Waals surface area contributed by atoms with Gasteiger partial charge in [0.15, 0.2) is 0 Å². The first-order valence-electron chi connectivity index (χ1n) is 11.6. The molecular formula is C28H28N2O2S2. The van der Waals surface area contributed by atoms with Crippen molar-refractivity contribution in [3.8, 4) is 0 Å². The van der Waals surface area contributed by atoms with Crippen LogP contribution in [0, 0.1) is 19.8 Å². The number of allylic oxidation sites excluding steroid dienone is 1. The van der Waals surface area contributed by atoms with E-state index in [1.165, 1.54) is 18.2 Å². The Morgan fingerprint density at radius 1 is 1.00 bits per heavy atom. The van der Waals surface area contributed by atoms with E-state index in [1.54, 1.807) is 0 Å². The van der Waals surface area contributed by atoms with Gasteiger partial charge in [-0.2, -0.15) is 0 Å². The molecule has 0 amide bonds. The highest BCUT2D eigenvalue weighted by Gasteiger charge is 2.57. The Bertz CT molecular complexity index is 1220. The standard InChI is InChI=1S/C28H28N2O2S2/c1-18-10-12-21(13-11-18)23-24(20-8-5-4-6-9-20)26(25(23)27(31)32-3)28(33-16-7-17-34-28)22-14-15-29-19(2)30-22/h4-6,8-15,23,25H,7,16-17H2,1-3H3/t23-,25+/m1/s1. The van der Waals surface area contributed by atoms with Crippen molar-refractivity contribution in [3.05, 3.63) is 101 Å². The summed E-state index contributed by atoms with van der Waals surface area (Å²) < 4.78 is 4.97. The largest absolute Gasteiger partial charge is 0.469 e. The van der Waals surface area contributed by atoms with Gasteiger partial charge in [-0.15, -0.1) is 23.5 Å². The zero-order chi connectivity index (χ0) is 23.7. The number of aryl methyl sites for hydroxylation is 2. The van der Waals surface area contributed by atoms with Crippen LogP contribution in [0.15, 0.2) is 72.4 Å². The number of esters is 1. The summed E-state index contributed by atoms with van der Waals surface area (Å²) in [6, 6.07) is 21.0. The van der Waals surface area contributed by atoms with Crippen LogP contribution < -0.4 is 0 Å². The lowest BCUT2D eigenvalue weighted by atomic mass is 9.61. The van der Waals surface area contributed by atoms with E-state index in [2.05, 4.69) is 60.4 Å². The summed E-state index contributed by atoms with van der Waals surface area (Å²) in [6.45, 7) is 4.01. The van der Waals surface area contributed by atoms with Gasteiger partial charge in [-0.1, -0.05) is 60.2 Å². The maximum absolute atomic E-state index is 13.4. The molecule has 0 unspecified atom stereocenters. The molecule has 1 aliphatic heterocycles. The first-order chi connectivity index (χ1) is 16.5. The summed E-state index contributed by atoms with van der Waals surface area (Å²) in [5.41, 5.74) is 6.81. The molecule has 2 heterocycles. The predicted molar refractivity (Wildman–Crippen MR) is 141 cm³/mol. The van der Waals surface area contributed by atoms with Crippen LogP contribution in [0.25, 0.3) is 5.57 Å². The summed E-state index contributed by atoms with van der Waals surface area (Å²) in [5.74, 6) is 2.17. The minimum Gasteiger partial charge on any atom is -0.469 e. The molecule has 6 heteroatoms. The minimum absolute atomic E-state index is 0.0617. The third-order valence-electron chi connectivity index (χ3n) is 6.59. The maximum Gasteiger partial charge on any atom is 0.313 e. The van der Waals surface area contributed by atoms with Crippen LogP contribution in [0.5, 0.6) is 0 Å². The highest BCUT2D eigenvalue weighted by Crippen LogP contribution is 2.66. The molecule has 0 N–H and O–H groups in total. The van der Waals surface area contributed by atoms with Gasteiger partial charge in [-0.05, 0) is 60.1 Å². The van der Waals surface area contributed by atoms with Crippen LogP contribution in [0.2, 0.25) is 0 Å². The molecule has 1 saturated heterocycles. The summed E-state index contributed by atoms with van der Waals surface area (Å²) in [7, 11) is 1.50. The zero-order valence-electron chi connectivity index (χ0n) is 19.7. The number of rotatable bonds is 5. The molecule has 3 aromatic rings. The Hall–Kier alpha value is -2.57. The Labute approximate surface area is 209 Å². The van der Waals surface area contributed by atoms with Gasteiger partial charge in [-0.25, -0.2) is 9.97 Å². The molecule has 1 fully saturated rings. The van der Waals surface area contributed by atoms with Crippen molar-refractivity contribution >= 4 is 35.1 Å². The molecule has 0 saturated carbocycles. The van der Waals surface area contributed by atoms with Gasteiger partial charge in [0, 0.05) is 12.1 Å². The second kappa shape index (κ2) is 9.59. The average molecular weight is 489 g/mol. The van der Waals surface area contributed by atoms with Gasteiger partial charge in [-0.3, -0.25) is 4.79 Å². The van der Waals surface area contributed by atoms with E-state index in [0.29, 0.717) is 0 Å². The van der Waals surface area contributed by atoms with E-state index in [9.17, 15) is 4.79 Å². The molecule has 2 aromatic carbocycles. The summed E-state index contributed by atoms with van der Waals surface area (Å²) in [6.07, 6.45) is 2.97. The number of hydrogen-bond donors (Lipinski definition) is 0. The van der Waals surface area contributed by atoms with Crippen molar-refractivity contribution in [2.45, 2.75) is 30.3 Å². The van der Waals surface area contributed by atoms with E-state index in [0.717, 1.165) is 46.1 Å². The van der Waals surface area contributed by atoms with Crippen LogP contribution >= 0.6 is 23.5 Å². The fourth-order valence-corrected chi connectivity index (χ4v) is 8.51. The first kappa shape index (κ1) is 23.2. The summed E-state index contributed by atoms with van der Waals surface area (Å²) >= 11 is 3.79. The Kier molecular flexibility index (Phi) is 6.54. The van der Waals surface area contributed by atoms with Crippen LogP contribution in [0.4, 0.5) is 0 Å². The van der Waals surface area contributed by atoms with E-state index >= 15 is 0 Å². The monoisotopic (exact) mass is 488 g/mol. The van der Waals surface area contributed by atoms with Crippen molar-refractivity contribution in [3.63, 3.8) is 0 Å². The molecule has 0 spiro atoms. The van der Waals surface area contributed by atoms with Gasteiger partial charge < -0.3 is 4.74 Å². The van der Waals surface area contributed by atoms with Gasteiger partial charge in [0.1, 0.15) is 9.90 Å². The lowest BCUT2D eigenvalue weighted by Gasteiger charge is -2.50. The third kappa shape index (κ3) is 3.97. The van der Waals surface area contributed by atoms with E-state index in [4.69, 9.17) is 9.72 Å². The van der Waals surface area contributed by atoms with Crippen LogP contribution in [-0.4, -0.2) is 34.6 Å². The highest BCUT2D eigenvalue weighted by atomic mass is 32.2. The summed E-state index contributed by atoms with van der Waals surface area (Å²) in [5, 5.41) is 0. The maximum atomic E-state index is 13.4. The molecule has 1 aliphatic carbocycles. The van der Waals surface area contributed by atoms with Crippen molar-refractivity contribution in [2.24, 2.45) is 5.92 Å². The lowest BCUT2D eigenvalue weighted by Crippen LogP contribution is -2.44. The van der Waals surface area contributed by atoms with Gasteiger partial charge >= 0.3 is 5.97 Å². The Morgan fingerprint density at radius 3 is 2.35 bits per heavy atom. The predicted octanol–water partition coefficient (Wildman–Crippen LogP) is 6.16. The number of thioether (sulfide) groups is 2. The molecule has 0 radical (unpaired) electrons. The topological polar surface area (TPSA) is 52.1 Å². The molecule has 4 nitrogen and oxygen atoms in total. The minimum atomic E-state index is -0.447. The molecule has 1 aromatic heterocycles. The van der Waals surface area contributed by atoms with Gasteiger partial charge in [0.25, 0.3) is 0 Å². The second-order valence-corrected chi connectivity index (χ2v) is 11.6. The first-order valence-corrected chi connectivity index (χ1v) is 13.5. The molecule has 0 bridgehead atoms. The quantitative estimate of drug-likeness (QED) is 0.401. The number of benzene rings is 2. The Balaban J connectivity index is 1.79. The molecular weight excluding hydrogens is 460 g/mol. The van der Waals surface area contributed by atoms with Crippen LogP contribution in [0.3, 0.4) is 0 Å². The lowest BCUT2D eigenvalue weighted by molar-refractivity contribution is -0.145. The average Bonchev–Trinajstić information content (AvgIpc) is 2.86. The third-order valence-corrected chi connectivity index (χ3v) is 9.95. The Morgan fingerprint density at radius 2 is 1.71 bits per heavy atom. The van der Waals surface area contributed by atoms with E-state index in [-0.39, 0.29) is 17.8 Å². The van der Waals surface area contributed by atoms with Crippen molar-refractivity contribution < 1.29 is 9.53 Å². The molecule has 174 valence electrons. The molecule has 5 rings (SSSR count). The van der Waals surface area contributed by atoms with Crippen molar-refractivity contribution in [1.29, 1.82) is 0 Å². The number of ether oxygens (including phenoxy) is 1. The zero-order valence-corrected chi connectivity index (χ0v) is 21.3. The number of carbonyl (C=O) groups excluding carboxylic acids is 1. The SMILES string of the molecule is COC(=O)[C@@H]1C(C2(c3ccnc(C)n3)SCCCS2)=C(c2ccccc2)[C@H]1c1ccc(C)cc1. The van der Waals surface area contributed by atoms with E-state index < -0.39 is 4.08 Å². The summed E-state index contributed by atoms with van der Waals surface area (Å²) in [4.78, 5) is 22.6. The van der Waals surface area contributed by atoms with Crippen LogP contribution in [-0.2, 0) is 13.6 Å².